The number of hydrogen-bond acceptors (Lipinski definition) is 10. The van der Waals surface area contributed by atoms with Gasteiger partial charge in [-0.05, 0) is 13.8 Å². The molecule has 0 radical (unpaired) electrons. The monoisotopic (exact) mass is 322 g/mol. The van der Waals surface area contributed by atoms with E-state index in [9.17, 15) is 34.2 Å². The summed E-state index contributed by atoms with van der Waals surface area (Å²) in [5.74, 6) is -9.96. The fourth-order valence-electron chi connectivity index (χ4n) is 1.41. The van der Waals surface area contributed by atoms with Gasteiger partial charge in [0.05, 0.1) is 6.61 Å². The Hall–Kier alpha value is -2.21. The van der Waals surface area contributed by atoms with E-state index in [1.54, 1.807) is 0 Å². The van der Waals surface area contributed by atoms with Gasteiger partial charge in [0.2, 0.25) is 0 Å². The number of esters is 2. The standard InChI is InChI=1S/C11H14O11/c1-4(13)10(20,8(17)18)11(21,5(2)14)9(19)22-7(16)6(15)3-12/h6,12,15,20-21H,3H2,1-2H3,(H,17,18). The normalized spacial score (nSPS) is 17.5. The molecule has 0 heterocycles. The molecule has 0 spiro atoms. The highest BCUT2D eigenvalue weighted by molar-refractivity contribution is 6.22. The van der Waals surface area contributed by atoms with Crippen LogP contribution in [0.25, 0.3) is 0 Å². The van der Waals surface area contributed by atoms with Crippen LogP contribution >= 0.6 is 0 Å². The van der Waals surface area contributed by atoms with Crippen molar-refractivity contribution >= 4 is 29.5 Å². The van der Waals surface area contributed by atoms with Gasteiger partial charge in [-0.3, -0.25) is 9.59 Å². The summed E-state index contributed by atoms with van der Waals surface area (Å²) in [6, 6.07) is 0. The molecule has 0 aliphatic heterocycles. The summed E-state index contributed by atoms with van der Waals surface area (Å²) in [6.45, 7) is -0.245. The molecule has 0 fully saturated rings. The number of carboxylic acids is 1. The first kappa shape index (κ1) is 19.8. The fraction of sp³-hybridized carbons (Fsp3) is 0.545. The Morgan fingerprint density at radius 1 is 1.00 bits per heavy atom. The molecule has 5 N–H and O–H groups in total. The summed E-state index contributed by atoms with van der Waals surface area (Å²) < 4.78 is 3.84. The molecule has 22 heavy (non-hydrogen) atoms. The van der Waals surface area contributed by atoms with Crippen LogP contribution in [0.4, 0.5) is 0 Å². The van der Waals surface area contributed by atoms with Crippen LogP contribution in [0.2, 0.25) is 0 Å². The Labute approximate surface area is 122 Å². The van der Waals surface area contributed by atoms with E-state index in [0.29, 0.717) is 13.8 Å². The average Bonchev–Trinajstić information content (AvgIpc) is 2.43. The molecule has 0 amide bonds. The van der Waals surface area contributed by atoms with Gasteiger partial charge >= 0.3 is 17.9 Å². The van der Waals surface area contributed by atoms with Gasteiger partial charge in [-0.25, -0.2) is 14.4 Å². The second kappa shape index (κ2) is 6.70. The van der Waals surface area contributed by atoms with Gasteiger partial charge in [0.15, 0.2) is 17.7 Å². The molecule has 0 aromatic rings. The summed E-state index contributed by atoms with van der Waals surface area (Å²) in [7, 11) is 0. The number of carbonyl (C=O) groups excluding carboxylic acids is 4. The van der Waals surface area contributed by atoms with Crippen molar-refractivity contribution in [2.24, 2.45) is 0 Å². The van der Waals surface area contributed by atoms with E-state index >= 15 is 0 Å². The first-order valence-corrected chi connectivity index (χ1v) is 5.62. The van der Waals surface area contributed by atoms with E-state index in [0.717, 1.165) is 0 Å². The number of carboxylic acid groups (broad SMARTS) is 1. The Morgan fingerprint density at radius 3 is 1.68 bits per heavy atom. The van der Waals surface area contributed by atoms with Crippen LogP contribution in [-0.4, -0.2) is 78.9 Å². The van der Waals surface area contributed by atoms with E-state index in [1.165, 1.54) is 0 Å². The number of aliphatic carboxylic acids is 1. The van der Waals surface area contributed by atoms with Crippen LogP contribution in [0.3, 0.4) is 0 Å². The van der Waals surface area contributed by atoms with E-state index in [1.807, 2.05) is 0 Å². The molecule has 0 rings (SSSR count). The van der Waals surface area contributed by atoms with Gasteiger partial charge in [-0.1, -0.05) is 0 Å². The quantitative estimate of drug-likeness (QED) is 0.227. The number of Topliss-reactive ketones (excluding diaryl/α,β-unsaturated/α-hetero) is 2. The highest BCUT2D eigenvalue weighted by Gasteiger charge is 2.68. The lowest BCUT2D eigenvalue weighted by Crippen LogP contribution is -2.71. The second-order valence-electron chi connectivity index (χ2n) is 4.25. The minimum Gasteiger partial charge on any atom is -0.479 e. The zero-order chi connectivity index (χ0) is 17.9. The molecule has 11 heteroatoms. The number of carbonyl (C=O) groups is 5. The maximum absolute atomic E-state index is 11.7. The first-order valence-electron chi connectivity index (χ1n) is 5.62. The van der Waals surface area contributed by atoms with E-state index in [-0.39, 0.29) is 0 Å². The van der Waals surface area contributed by atoms with Crippen LogP contribution < -0.4 is 0 Å². The van der Waals surface area contributed by atoms with Crippen LogP contribution in [0.15, 0.2) is 0 Å². The maximum atomic E-state index is 11.7. The SMILES string of the molecule is CC(=O)C(O)(C(=O)O)C(O)(C(C)=O)C(=O)OC(=O)C(O)CO. The number of ether oxygens (including phenoxy) is 1. The highest BCUT2D eigenvalue weighted by atomic mass is 16.6. The predicted molar refractivity (Wildman–Crippen MR) is 63.1 cm³/mol. The van der Waals surface area contributed by atoms with Gasteiger partial charge in [0, 0.05) is 0 Å². The number of ketones is 2. The average molecular weight is 322 g/mol. The third kappa shape index (κ3) is 3.01. The minimum absolute atomic E-state index is 0.463. The first-order chi connectivity index (χ1) is 9.87. The van der Waals surface area contributed by atoms with E-state index in [2.05, 4.69) is 4.74 Å². The molecule has 124 valence electrons. The van der Waals surface area contributed by atoms with Crippen molar-refractivity contribution < 1.29 is 54.2 Å². The number of hydrogen-bond donors (Lipinski definition) is 5. The molecule has 0 aliphatic carbocycles. The van der Waals surface area contributed by atoms with Gasteiger partial charge in [-0.15, -0.1) is 0 Å². The molecule has 0 aromatic heterocycles. The summed E-state index contributed by atoms with van der Waals surface area (Å²) in [4.78, 5) is 56.6. The number of aliphatic hydroxyl groups is 4. The lowest BCUT2D eigenvalue weighted by atomic mass is 9.77. The molecule has 0 aromatic carbocycles. The van der Waals surface area contributed by atoms with Crippen molar-refractivity contribution in [2.45, 2.75) is 31.2 Å². The van der Waals surface area contributed by atoms with Crippen molar-refractivity contribution in [2.75, 3.05) is 6.61 Å². The Balaban J connectivity index is 5.94. The molecular formula is C11H14O11. The van der Waals surface area contributed by atoms with Crippen LogP contribution in [0.1, 0.15) is 13.8 Å². The molecule has 0 bridgehead atoms. The van der Waals surface area contributed by atoms with Gasteiger partial charge in [0.1, 0.15) is 0 Å². The van der Waals surface area contributed by atoms with Gasteiger partial charge < -0.3 is 30.3 Å². The van der Waals surface area contributed by atoms with Crippen LogP contribution in [-0.2, 0) is 28.7 Å². The van der Waals surface area contributed by atoms with Gasteiger partial charge in [0.25, 0.3) is 11.2 Å². The minimum atomic E-state index is -3.94. The highest BCUT2D eigenvalue weighted by Crippen LogP contribution is 2.27. The summed E-state index contributed by atoms with van der Waals surface area (Å²) in [5.41, 5.74) is -7.85. The summed E-state index contributed by atoms with van der Waals surface area (Å²) >= 11 is 0. The zero-order valence-corrected chi connectivity index (χ0v) is 11.5. The topological polar surface area (TPSA) is 196 Å². The van der Waals surface area contributed by atoms with Crippen LogP contribution in [0.5, 0.6) is 0 Å². The molecule has 3 atom stereocenters. The molecule has 0 saturated carbocycles. The fourth-order valence-corrected chi connectivity index (χ4v) is 1.41. The third-order valence-corrected chi connectivity index (χ3v) is 2.79. The number of rotatable bonds is 7. The molecular weight excluding hydrogens is 308 g/mol. The Kier molecular flexibility index (Phi) is 6.03. The van der Waals surface area contributed by atoms with Gasteiger partial charge in [-0.2, -0.15) is 0 Å². The van der Waals surface area contributed by atoms with Crippen molar-refractivity contribution in [3.63, 3.8) is 0 Å². The second-order valence-corrected chi connectivity index (χ2v) is 4.25. The molecule has 0 saturated heterocycles. The molecule has 11 nitrogen and oxygen atoms in total. The van der Waals surface area contributed by atoms with Crippen molar-refractivity contribution in [1.82, 2.24) is 0 Å². The molecule has 0 aliphatic rings. The summed E-state index contributed by atoms with van der Waals surface area (Å²) in [5, 5.41) is 46.0. The Bertz CT molecular complexity index is 508. The Morgan fingerprint density at radius 2 is 1.41 bits per heavy atom. The summed E-state index contributed by atoms with van der Waals surface area (Å²) in [6.07, 6.45) is -2.23. The predicted octanol–water partition coefficient (Wildman–Crippen LogP) is -3.87. The molecule has 3 unspecified atom stereocenters. The smallest absolute Gasteiger partial charge is 0.358 e. The third-order valence-electron chi connectivity index (χ3n) is 2.79. The zero-order valence-electron chi connectivity index (χ0n) is 11.5. The van der Waals surface area contributed by atoms with Crippen molar-refractivity contribution in [3.05, 3.63) is 0 Å². The maximum Gasteiger partial charge on any atom is 0.358 e. The lowest BCUT2D eigenvalue weighted by molar-refractivity contribution is -0.210. The van der Waals surface area contributed by atoms with E-state index in [4.69, 9.17) is 15.3 Å². The van der Waals surface area contributed by atoms with Crippen molar-refractivity contribution in [1.29, 1.82) is 0 Å². The van der Waals surface area contributed by atoms with Crippen LogP contribution in [0, 0.1) is 0 Å². The lowest BCUT2D eigenvalue weighted by Gasteiger charge is -2.33. The van der Waals surface area contributed by atoms with E-state index < -0.39 is 53.4 Å². The number of aliphatic hydroxyl groups excluding tert-OH is 2. The van der Waals surface area contributed by atoms with Crippen molar-refractivity contribution in [3.8, 4) is 0 Å². The largest absolute Gasteiger partial charge is 0.479 e.